The topological polar surface area (TPSA) is 63.4 Å². The Morgan fingerprint density at radius 3 is 2.53 bits per heavy atom. The highest BCUT2D eigenvalue weighted by Crippen LogP contribution is 2.13. The number of carbonyl (C=O) groups is 2. The van der Waals surface area contributed by atoms with Gasteiger partial charge < -0.3 is 10.6 Å². The molecular weight excluding hydrogens is 236 g/mol. The molecule has 0 saturated heterocycles. The van der Waals surface area contributed by atoms with E-state index in [0.29, 0.717) is 12.2 Å². The van der Waals surface area contributed by atoms with Crippen molar-refractivity contribution in [3.8, 4) is 0 Å². The van der Waals surface area contributed by atoms with Gasteiger partial charge in [0.05, 0.1) is 5.75 Å². The minimum atomic E-state index is -0.348. The van der Waals surface area contributed by atoms with Crippen molar-refractivity contribution in [2.45, 2.75) is 6.42 Å². The maximum absolute atomic E-state index is 11.8. The Balaban J connectivity index is 2.35. The van der Waals surface area contributed by atoms with Gasteiger partial charge in [-0.15, -0.1) is 0 Å². The van der Waals surface area contributed by atoms with Crippen LogP contribution < -0.4 is 10.6 Å². The predicted octanol–water partition coefficient (Wildman–Crippen LogP) is 1.26. The van der Waals surface area contributed by atoms with E-state index in [9.17, 15) is 9.59 Å². The highest BCUT2D eigenvalue weighted by Gasteiger charge is 2.10. The number of primary amides is 1. The van der Waals surface area contributed by atoms with E-state index in [4.69, 9.17) is 5.73 Å². The molecule has 0 atom stereocenters. The first-order chi connectivity index (χ1) is 8.11. The summed E-state index contributed by atoms with van der Waals surface area (Å²) in [5, 5.41) is 0. The summed E-state index contributed by atoms with van der Waals surface area (Å²) in [6.45, 7) is 0. The van der Waals surface area contributed by atoms with Gasteiger partial charge in [0.1, 0.15) is 0 Å². The molecule has 2 amide bonds. The zero-order chi connectivity index (χ0) is 12.7. The molecule has 0 bridgehead atoms. The number of para-hydroxylation sites is 1. The zero-order valence-electron chi connectivity index (χ0n) is 9.76. The molecule has 1 aromatic carbocycles. The van der Waals surface area contributed by atoms with Gasteiger partial charge in [0.15, 0.2) is 0 Å². The molecule has 0 aliphatic carbocycles. The Morgan fingerprint density at radius 2 is 1.94 bits per heavy atom. The third kappa shape index (κ3) is 4.91. The summed E-state index contributed by atoms with van der Waals surface area (Å²) in [5.41, 5.74) is 5.88. The Morgan fingerprint density at radius 1 is 1.29 bits per heavy atom. The summed E-state index contributed by atoms with van der Waals surface area (Å²) >= 11 is 1.38. The van der Waals surface area contributed by atoms with Gasteiger partial charge in [-0.3, -0.25) is 9.59 Å². The number of thioether (sulfide) groups is 1. The van der Waals surface area contributed by atoms with Gasteiger partial charge in [-0.25, -0.2) is 0 Å². The third-order valence-electron chi connectivity index (χ3n) is 2.22. The Hall–Kier alpha value is -1.49. The minimum Gasteiger partial charge on any atom is -0.369 e. The fraction of sp³-hybridized carbons (Fsp3) is 0.333. The van der Waals surface area contributed by atoms with Crippen molar-refractivity contribution in [3.63, 3.8) is 0 Å². The van der Waals surface area contributed by atoms with Gasteiger partial charge in [0.2, 0.25) is 11.8 Å². The predicted molar refractivity (Wildman–Crippen MR) is 71.0 cm³/mol. The maximum atomic E-state index is 11.8. The molecule has 92 valence electrons. The fourth-order valence-corrected chi connectivity index (χ4v) is 1.96. The van der Waals surface area contributed by atoms with Crippen LogP contribution in [0.5, 0.6) is 0 Å². The molecule has 0 unspecified atom stereocenters. The lowest BCUT2D eigenvalue weighted by Crippen LogP contribution is -2.26. The van der Waals surface area contributed by atoms with Crippen LogP contribution in [-0.4, -0.2) is 30.4 Å². The van der Waals surface area contributed by atoms with E-state index in [-0.39, 0.29) is 17.6 Å². The summed E-state index contributed by atoms with van der Waals surface area (Å²) in [7, 11) is 1.75. The molecule has 0 aliphatic rings. The molecule has 1 aromatic rings. The van der Waals surface area contributed by atoms with E-state index in [1.165, 1.54) is 11.8 Å². The van der Waals surface area contributed by atoms with Crippen LogP contribution in [0, 0.1) is 0 Å². The number of anilines is 1. The number of carbonyl (C=O) groups excluding carboxylic acids is 2. The quantitative estimate of drug-likeness (QED) is 0.775. The van der Waals surface area contributed by atoms with Crippen LogP contribution in [0.25, 0.3) is 0 Å². The van der Waals surface area contributed by atoms with E-state index < -0.39 is 0 Å². The van der Waals surface area contributed by atoms with E-state index in [1.807, 2.05) is 30.3 Å². The van der Waals surface area contributed by atoms with Crippen LogP contribution in [-0.2, 0) is 9.59 Å². The normalized spacial score (nSPS) is 9.94. The van der Waals surface area contributed by atoms with Crippen LogP contribution in [0.2, 0.25) is 0 Å². The molecule has 0 aromatic heterocycles. The molecule has 0 aliphatic heterocycles. The van der Waals surface area contributed by atoms with Gasteiger partial charge in [0, 0.05) is 24.9 Å². The largest absolute Gasteiger partial charge is 0.369 e. The van der Waals surface area contributed by atoms with Crippen LogP contribution in [0.4, 0.5) is 5.69 Å². The molecule has 0 saturated carbocycles. The molecule has 0 fully saturated rings. The van der Waals surface area contributed by atoms with Gasteiger partial charge in [-0.05, 0) is 12.1 Å². The average Bonchev–Trinajstić information content (AvgIpc) is 2.34. The van der Waals surface area contributed by atoms with Crippen molar-refractivity contribution in [2.24, 2.45) is 5.73 Å². The fourth-order valence-electron chi connectivity index (χ4n) is 1.30. The number of rotatable bonds is 6. The number of nitrogens with zero attached hydrogens (tertiary/aromatic N) is 1. The Labute approximate surface area is 105 Å². The first-order valence-corrected chi connectivity index (χ1v) is 6.44. The second kappa shape index (κ2) is 6.96. The molecule has 0 radical (unpaired) electrons. The van der Waals surface area contributed by atoms with Crippen LogP contribution >= 0.6 is 11.8 Å². The monoisotopic (exact) mass is 252 g/mol. The molecule has 4 nitrogen and oxygen atoms in total. The molecule has 0 heterocycles. The van der Waals surface area contributed by atoms with E-state index in [2.05, 4.69) is 0 Å². The lowest BCUT2D eigenvalue weighted by molar-refractivity contribution is -0.118. The summed E-state index contributed by atoms with van der Waals surface area (Å²) < 4.78 is 0. The van der Waals surface area contributed by atoms with E-state index in [0.717, 1.165) is 5.69 Å². The molecule has 2 N–H and O–H groups in total. The van der Waals surface area contributed by atoms with E-state index >= 15 is 0 Å². The van der Waals surface area contributed by atoms with Crippen LogP contribution in [0.15, 0.2) is 30.3 Å². The third-order valence-corrected chi connectivity index (χ3v) is 3.20. The van der Waals surface area contributed by atoms with Crippen molar-refractivity contribution in [2.75, 3.05) is 23.5 Å². The average molecular weight is 252 g/mol. The van der Waals surface area contributed by atoms with Gasteiger partial charge in [0.25, 0.3) is 0 Å². The highest BCUT2D eigenvalue weighted by atomic mass is 32.2. The maximum Gasteiger partial charge on any atom is 0.227 e. The molecule has 0 spiro atoms. The molecule has 5 heteroatoms. The number of hydrogen-bond donors (Lipinski definition) is 1. The summed E-state index contributed by atoms with van der Waals surface area (Å²) in [4.78, 5) is 23.9. The van der Waals surface area contributed by atoms with Gasteiger partial charge in [-0.2, -0.15) is 11.8 Å². The number of hydrogen-bond acceptors (Lipinski definition) is 3. The summed E-state index contributed by atoms with van der Waals surface area (Å²) in [6, 6.07) is 9.45. The number of nitrogens with two attached hydrogens (primary N) is 1. The highest BCUT2D eigenvalue weighted by molar-refractivity contribution is 7.99. The van der Waals surface area contributed by atoms with Crippen molar-refractivity contribution in [1.82, 2.24) is 0 Å². The van der Waals surface area contributed by atoms with Gasteiger partial charge >= 0.3 is 0 Å². The first-order valence-electron chi connectivity index (χ1n) is 5.29. The first kappa shape index (κ1) is 13.6. The summed E-state index contributed by atoms with van der Waals surface area (Å²) in [6.07, 6.45) is 0.406. The van der Waals surface area contributed by atoms with Crippen LogP contribution in [0.3, 0.4) is 0 Å². The van der Waals surface area contributed by atoms with Crippen molar-refractivity contribution < 1.29 is 9.59 Å². The van der Waals surface area contributed by atoms with Gasteiger partial charge in [-0.1, -0.05) is 18.2 Å². The lowest BCUT2D eigenvalue weighted by Gasteiger charge is -2.16. The molecular formula is C12H16N2O2S. The smallest absolute Gasteiger partial charge is 0.227 e. The van der Waals surface area contributed by atoms with Crippen LogP contribution in [0.1, 0.15) is 6.42 Å². The SMILES string of the molecule is CN(C(=O)CCSCC(N)=O)c1ccccc1. The number of amides is 2. The second-order valence-corrected chi connectivity index (χ2v) is 4.66. The second-order valence-electron chi connectivity index (χ2n) is 3.56. The summed E-state index contributed by atoms with van der Waals surface area (Å²) in [5.74, 6) is 0.563. The zero-order valence-corrected chi connectivity index (χ0v) is 10.6. The lowest BCUT2D eigenvalue weighted by atomic mass is 10.3. The molecule has 17 heavy (non-hydrogen) atoms. The van der Waals surface area contributed by atoms with Crippen molar-refractivity contribution in [1.29, 1.82) is 0 Å². The molecule has 1 rings (SSSR count). The standard InChI is InChI=1S/C12H16N2O2S/c1-14(10-5-3-2-4-6-10)12(16)7-8-17-9-11(13)15/h2-6H,7-9H2,1H3,(H2,13,15). The van der Waals surface area contributed by atoms with Crippen molar-refractivity contribution >= 4 is 29.3 Å². The minimum absolute atomic E-state index is 0.0353. The van der Waals surface area contributed by atoms with Crippen molar-refractivity contribution in [3.05, 3.63) is 30.3 Å². The Kier molecular flexibility index (Phi) is 5.56. The number of benzene rings is 1. The van der Waals surface area contributed by atoms with E-state index in [1.54, 1.807) is 11.9 Å². The Bertz CT molecular complexity index is 381.